The van der Waals surface area contributed by atoms with Crippen LogP contribution in [0.5, 0.6) is 17.2 Å². The van der Waals surface area contributed by atoms with E-state index in [-0.39, 0.29) is 0 Å². The van der Waals surface area contributed by atoms with Crippen molar-refractivity contribution in [1.82, 2.24) is 10.2 Å². The first kappa shape index (κ1) is 18.3. The van der Waals surface area contributed by atoms with Gasteiger partial charge in [0.15, 0.2) is 11.5 Å². The highest BCUT2D eigenvalue weighted by molar-refractivity contribution is 5.56. The van der Waals surface area contributed by atoms with E-state index in [0.29, 0.717) is 17.7 Å². The molecule has 140 valence electrons. The second-order valence-corrected chi connectivity index (χ2v) is 7.05. The molecule has 1 aromatic rings. The molecule has 5 nitrogen and oxygen atoms in total. The Balaban J connectivity index is 2.02. The monoisotopic (exact) mass is 348 g/mol. The minimum Gasteiger partial charge on any atom is -0.493 e. The van der Waals surface area contributed by atoms with Gasteiger partial charge in [-0.15, -0.1) is 0 Å². The second kappa shape index (κ2) is 8.77. The van der Waals surface area contributed by atoms with Gasteiger partial charge in [-0.3, -0.25) is 4.90 Å². The van der Waals surface area contributed by atoms with E-state index in [1.807, 2.05) is 6.07 Å². The summed E-state index contributed by atoms with van der Waals surface area (Å²) in [6.07, 6.45) is 6.64. The van der Waals surface area contributed by atoms with Crippen molar-refractivity contribution in [3.63, 3.8) is 0 Å². The summed E-state index contributed by atoms with van der Waals surface area (Å²) in [6.45, 7) is 4.27. The van der Waals surface area contributed by atoms with Gasteiger partial charge in [0.1, 0.15) is 0 Å². The van der Waals surface area contributed by atoms with Crippen molar-refractivity contribution in [3.8, 4) is 17.2 Å². The lowest BCUT2D eigenvalue weighted by molar-refractivity contribution is 0.101. The lowest BCUT2D eigenvalue weighted by atomic mass is 9.79. The summed E-state index contributed by atoms with van der Waals surface area (Å²) < 4.78 is 16.9. The molecule has 1 saturated carbocycles. The lowest BCUT2D eigenvalue weighted by Crippen LogP contribution is -2.47. The number of methoxy groups -OCH3 is 3. The largest absolute Gasteiger partial charge is 0.493 e. The average Bonchev–Trinajstić information content (AvgIpc) is 2.69. The van der Waals surface area contributed by atoms with E-state index in [1.165, 1.54) is 37.7 Å². The number of ether oxygens (including phenoxy) is 3. The van der Waals surface area contributed by atoms with Crippen molar-refractivity contribution in [2.24, 2.45) is 5.92 Å². The van der Waals surface area contributed by atoms with Gasteiger partial charge in [-0.1, -0.05) is 19.3 Å². The molecule has 1 aliphatic heterocycles. The molecule has 1 aromatic carbocycles. The fourth-order valence-electron chi connectivity index (χ4n) is 4.52. The molecule has 1 atom stereocenters. The van der Waals surface area contributed by atoms with E-state index in [4.69, 9.17) is 14.2 Å². The number of benzene rings is 1. The van der Waals surface area contributed by atoms with Gasteiger partial charge in [-0.05, 0) is 30.9 Å². The molecule has 0 radical (unpaired) electrons. The zero-order chi connectivity index (χ0) is 17.6. The topological polar surface area (TPSA) is 43.0 Å². The number of nitrogens with one attached hydrogen (secondary N) is 1. The van der Waals surface area contributed by atoms with Gasteiger partial charge in [-0.25, -0.2) is 0 Å². The van der Waals surface area contributed by atoms with Gasteiger partial charge >= 0.3 is 0 Å². The smallest absolute Gasteiger partial charge is 0.203 e. The maximum atomic E-state index is 5.83. The SMILES string of the molecule is COc1ccc([C@@H](C2CCCCC2)N2CCNCC2)c(OC)c1OC. The minimum absolute atomic E-state index is 0.386. The van der Waals surface area contributed by atoms with Crippen LogP contribution in [0.1, 0.15) is 43.7 Å². The number of nitrogens with zero attached hydrogens (tertiary/aromatic N) is 1. The van der Waals surface area contributed by atoms with Gasteiger partial charge in [-0.2, -0.15) is 0 Å². The van der Waals surface area contributed by atoms with Gasteiger partial charge in [0.05, 0.1) is 21.3 Å². The Hall–Kier alpha value is -1.46. The Morgan fingerprint density at radius 3 is 2.20 bits per heavy atom. The molecule has 1 saturated heterocycles. The van der Waals surface area contributed by atoms with Crippen LogP contribution in [0.25, 0.3) is 0 Å². The fraction of sp³-hybridized carbons (Fsp3) is 0.700. The van der Waals surface area contributed by atoms with Crippen LogP contribution in [0.3, 0.4) is 0 Å². The van der Waals surface area contributed by atoms with Crippen molar-refractivity contribution in [1.29, 1.82) is 0 Å². The van der Waals surface area contributed by atoms with Crippen LogP contribution < -0.4 is 19.5 Å². The number of hydrogen-bond donors (Lipinski definition) is 1. The molecule has 1 aliphatic carbocycles. The summed E-state index contributed by atoms with van der Waals surface area (Å²) in [6, 6.07) is 4.59. The Kier molecular flexibility index (Phi) is 6.43. The number of rotatable bonds is 6. The number of piperazine rings is 1. The van der Waals surface area contributed by atoms with Crippen LogP contribution in [0.2, 0.25) is 0 Å². The third kappa shape index (κ3) is 3.87. The van der Waals surface area contributed by atoms with Crippen LogP contribution in [0.15, 0.2) is 12.1 Å². The number of hydrogen-bond acceptors (Lipinski definition) is 5. The average molecular weight is 348 g/mol. The van der Waals surface area contributed by atoms with Crippen molar-refractivity contribution in [2.45, 2.75) is 38.1 Å². The quantitative estimate of drug-likeness (QED) is 0.855. The zero-order valence-corrected chi connectivity index (χ0v) is 15.8. The molecule has 5 heteroatoms. The molecule has 2 fully saturated rings. The van der Waals surface area contributed by atoms with Crippen molar-refractivity contribution in [2.75, 3.05) is 47.5 Å². The first-order chi connectivity index (χ1) is 12.3. The van der Waals surface area contributed by atoms with E-state index in [1.54, 1.807) is 21.3 Å². The predicted molar refractivity (Wildman–Crippen MR) is 99.9 cm³/mol. The van der Waals surface area contributed by atoms with Gasteiger partial charge in [0.2, 0.25) is 5.75 Å². The van der Waals surface area contributed by atoms with E-state index >= 15 is 0 Å². The normalized spacial score (nSPS) is 20.9. The highest BCUT2D eigenvalue weighted by Gasteiger charge is 2.34. The Bertz CT molecular complexity index is 534. The molecule has 0 bridgehead atoms. The molecule has 2 aliphatic rings. The third-order valence-corrected chi connectivity index (χ3v) is 5.69. The van der Waals surface area contributed by atoms with Crippen molar-refractivity contribution < 1.29 is 14.2 Å². The van der Waals surface area contributed by atoms with Crippen LogP contribution >= 0.6 is 0 Å². The van der Waals surface area contributed by atoms with Crippen molar-refractivity contribution >= 4 is 0 Å². The Morgan fingerprint density at radius 2 is 1.60 bits per heavy atom. The Labute approximate surface area is 151 Å². The third-order valence-electron chi connectivity index (χ3n) is 5.69. The van der Waals surface area contributed by atoms with Gasteiger partial charge < -0.3 is 19.5 Å². The minimum atomic E-state index is 0.386. The first-order valence-corrected chi connectivity index (χ1v) is 9.53. The Morgan fingerprint density at radius 1 is 0.920 bits per heavy atom. The van der Waals surface area contributed by atoms with Crippen LogP contribution in [-0.4, -0.2) is 52.4 Å². The molecule has 3 rings (SSSR count). The highest BCUT2D eigenvalue weighted by Crippen LogP contribution is 2.47. The van der Waals surface area contributed by atoms with Crippen molar-refractivity contribution in [3.05, 3.63) is 17.7 Å². The maximum Gasteiger partial charge on any atom is 0.203 e. The summed E-state index contributed by atoms with van der Waals surface area (Å²) in [7, 11) is 5.09. The summed E-state index contributed by atoms with van der Waals surface area (Å²) >= 11 is 0. The zero-order valence-electron chi connectivity index (χ0n) is 15.8. The summed E-state index contributed by atoms with van der Waals surface area (Å²) in [5.74, 6) is 2.94. The lowest BCUT2D eigenvalue weighted by Gasteiger charge is -2.41. The maximum absolute atomic E-state index is 5.83. The standard InChI is InChI=1S/C20H32N2O3/c1-23-17-10-9-16(19(24-2)20(17)25-3)18(15-7-5-4-6-8-15)22-13-11-21-12-14-22/h9-10,15,18,21H,4-8,11-14H2,1-3H3/t18-/m1/s1. The van der Waals surface area contributed by atoms with Gasteiger partial charge in [0, 0.05) is 37.8 Å². The summed E-state index contributed by atoms with van der Waals surface area (Å²) in [5, 5.41) is 3.48. The summed E-state index contributed by atoms with van der Waals surface area (Å²) in [5.41, 5.74) is 1.24. The van der Waals surface area contributed by atoms with Gasteiger partial charge in [0.25, 0.3) is 0 Å². The molecular formula is C20H32N2O3. The molecule has 25 heavy (non-hydrogen) atoms. The molecule has 1 heterocycles. The molecule has 0 spiro atoms. The van der Waals surface area contributed by atoms with Crippen LogP contribution in [0.4, 0.5) is 0 Å². The first-order valence-electron chi connectivity index (χ1n) is 9.53. The second-order valence-electron chi connectivity index (χ2n) is 7.05. The molecule has 0 unspecified atom stereocenters. The van der Waals surface area contributed by atoms with Crippen LogP contribution in [0, 0.1) is 5.92 Å². The molecule has 0 amide bonds. The van der Waals surface area contributed by atoms with E-state index < -0.39 is 0 Å². The van der Waals surface area contributed by atoms with E-state index in [2.05, 4.69) is 16.3 Å². The van der Waals surface area contributed by atoms with E-state index in [0.717, 1.165) is 37.7 Å². The van der Waals surface area contributed by atoms with E-state index in [9.17, 15) is 0 Å². The predicted octanol–water partition coefficient (Wildman–Crippen LogP) is 3.24. The summed E-state index contributed by atoms with van der Waals surface area (Å²) in [4.78, 5) is 2.64. The molecule has 0 aromatic heterocycles. The van der Waals surface area contributed by atoms with Crippen LogP contribution in [-0.2, 0) is 0 Å². The molecule has 1 N–H and O–H groups in total. The molecular weight excluding hydrogens is 316 g/mol. The fourth-order valence-corrected chi connectivity index (χ4v) is 4.52. The highest BCUT2D eigenvalue weighted by atomic mass is 16.5.